The van der Waals surface area contributed by atoms with Crippen molar-refractivity contribution in [1.82, 2.24) is 9.80 Å². The average Bonchev–Trinajstić information content (AvgIpc) is 2.49. The molecule has 124 valence electrons. The van der Waals surface area contributed by atoms with Gasteiger partial charge >= 0.3 is 0 Å². The van der Waals surface area contributed by atoms with Gasteiger partial charge in [-0.25, -0.2) is 0 Å². The summed E-state index contributed by atoms with van der Waals surface area (Å²) < 4.78 is 5.26. The van der Waals surface area contributed by atoms with E-state index >= 15 is 0 Å². The van der Waals surface area contributed by atoms with E-state index in [1.54, 1.807) is 0 Å². The predicted molar refractivity (Wildman–Crippen MR) is 91.5 cm³/mol. The van der Waals surface area contributed by atoms with Crippen LogP contribution in [0.25, 0.3) is 0 Å². The molecule has 1 rings (SSSR count). The number of hydrogen-bond acceptors (Lipinski definition) is 3. The van der Waals surface area contributed by atoms with Gasteiger partial charge in [-0.2, -0.15) is 0 Å². The largest absolute Gasteiger partial charge is 0.379 e. The van der Waals surface area contributed by atoms with Gasteiger partial charge in [0.05, 0.1) is 13.2 Å². The predicted octanol–water partition coefficient (Wildman–Crippen LogP) is 3.74. The maximum atomic E-state index is 5.26. The van der Waals surface area contributed by atoms with Crippen molar-refractivity contribution in [1.29, 1.82) is 0 Å². The van der Waals surface area contributed by atoms with Crippen LogP contribution in [0.2, 0.25) is 0 Å². The van der Waals surface area contributed by atoms with Gasteiger partial charge in [-0.15, -0.1) is 0 Å². The zero-order chi connectivity index (χ0) is 15.8. The molecule has 1 aliphatic rings. The molecule has 1 fully saturated rings. The Labute approximate surface area is 128 Å². The van der Waals surface area contributed by atoms with E-state index in [0.717, 1.165) is 32.2 Å². The minimum Gasteiger partial charge on any atom is -0.379 e. The van der Waals surface area contributed by atoms with Crippen LogP contribution < -0.4 is 0 Å². The van der Waals surface area contributed by atoms with Crippen molar-refractivity contribution in [3.8, 4) is 0 Å². The molecule has 1 heterocycles. The van der Waals surface area contributed by atoms with E-state index in [9.17, 15) is 0 Å². The molecule has 0 aromatic carbocycles. The van der Waals surface area contributed by atoms with E-state index in [2.05, 4.69) is 44.5 Å². The zero-order valence-electron chi connectivity index (χ0n) is 15.2. The van der Waals surface area contributed by atoms with Crippen molar-refractivity contribution in [3.05, 3.63) is 0 Å². The van der Waals surface area contributed by atoms with Crippen LogP contribution in [0.5, 0.6) is 0 Å². The van der Waals surface area contributed by atoms with E-state index in [-0.39, 0.29) is 0 Å². The first-order valence-electron chi connectivity index (χ1n) is 8.58. The van der Waals surface area contributed by atoms with Crippen LogP contribution in [-0.2, 0) is 4.74 Å². The molecule has 3 heteroatoms. The van der Waals surface area contributed by atoms with Crippen LogP contribution >= 0.6 is 0 Å². The quantitative estimate of drug-likeness (QED) is 0.740. The Morgan fingerprint density at radius 1 is 1.10 bits per heavy atom. The molecule has 1 aliphatic heterocycles. The van der Waals surface area contributed by atoms with Gasteiger partial charge in [0.25, 0.3) is 0 Å². The minimum absolute atomic E-state index is 0.831. The van der Waals surface area contributed by atoms with Crippen molar-refractivity contribution in [2.75, 3.05) is 53.0 Å². The first-order chi connectivity index (χ1) is 9.60. The van der Waals surface area contributed by atoms with Crippen LogP contribution in [0.3, 0.4) is 0 Å². The molecule has 3 nitrogen and oxygen atoms in total. The summed E-state index contributed by atoms with van der Waals surface area (Å²) in [5.41, 5.74) is 0. The molecule has 0 aliphatic carbocycles. The average molecular weight is 289 g/mol. The monoisotopic (exact) mass is 288 g/mol. The third-order valence-corrected chi connectivity index (χ3v) is 3.27. The summed E-state index contributed by atoms with van der Waals surface area (Å²) >= 11 is 0. The molecule has 0 saturated carbocycles. The molecular formula is C17H40N2O. The first kappa shape index (κ1) is 22.2. The second-order valence-electron chi connectivity index (χ2n) is 5.53. The standard InChI is InChI=1S/C9H19NO.C6H15N.C2H6/c1-9(2)3-4-10-5-7-11-8-6-10;1-4-6-7(3)5-2;1-2/h9H,3-8H2,1-2H3;4-6H2,1-3H3;1-2H3. The Kier molecular flexibility index (Phi) is 18.8. The highest BCUT2D eigenvalue weighted by molar-refractivity contribution is 4.62. The summed E-state index contributed by atoms with van der Waals surface area (Å²) in [6, 6.07) is 0. The van der Waals surface area contributed by atoms with Crippen molar-refractivity contribution < 1.29 is 4.74 Å². The fourth-order valence-corrected chi connectivity index (χ4v) is 1.81. The third-order valence-electron chi connectivity index (χ3n) is 3.27. The van der Waals surface area contributed by atoms with Gasteiger partial charge in [-0.05, 0) is 45.4 Å². The van der Waals surface area contributed by atoms with Crippen molar-refractivity contribution in [2.24, 2.45) is 5.92 Å². The second-order valence-corrected chi connectivity index (χ2v) is 5.53. The molecule has 1 saturated heterocycles. The molecule has 0 amide bonds. The second kappa shape index (κ2) is 16.9. The minimum atomic E-state index is 0.831. The van der Waals surface area contributed by atoms with E-state index in [1.807, 2.05) is 13.8 Å². The lowest BCUT2D eigenvalue weighted by atomic mass is 10.1. The van der Waals surface area contributed by atoms with Gasteiger partial charge in [0.2, 0.25) is 0 Å². The first-order valence-corrected chi connectivity index (χ1v) is 8.58. The molecule has 20 heavy (non-hydrogen) atoms. The Morgan fingerprint density at radius 2 is 1.65 bits per heavy atom. The highest BCUT2D eigenvalue weighted by Crippen LogP contribution is 2.03. The lowest BCUT2D eigenvalue weighted by molar-refractivity contribution is 0.0360. The topological polar surface area (TPSA) is 15.7 Å². The van der Waals surface area contributed by atoms with Crippen LogP contribution in [0.4, 0.5) is 0 Å². The Balaban J connectivity index is 0. The van der Waals surface area contributed by atoms with E-state index in [1.165, 1.54) is 32.5 Å². The maximum absolute atomic E-state index is 5.26. The number of ether oxygens (including phenoxy) is 1. The van der Waals surface area contributed by atoms with E-state index in [0.29, 0.717) is 0 Å². The maximum Gasteiger partial charge on any atom is 0.0594 e. The van der Waals surface area contributed by atoms with Gasteiger partial charge in [0, 0.05) is 13.1 Å². The summed E-state index contributed by atoms with van der Waals surface area (Å²) in [7, 11) is 2.14. The van der Waals surface area contributed by atoms with E-state index in [4.69, 9.17) is 4.74 Å². The fraction of sp³-hybridized carbons (Fsp3) is 1.00. The van der Waals surface area contributed by atoms with Gasteiger partial charge < -0.3 is 9.64 Å². The fourth-order valence-electron chi connectivity index (χ4n) is 1.81. The molecule has 0 N–H and O–H groups in total. The lowest BCUT2D eigenvalue weighted by Crippen LogP contribution is -2.37. The van der Waals surface area contributed by atoms with Crippen molar-refractivity contribution in [3.63, 3.8) is 0 Å². The summed E-state index contributed by atoms with van der Waals surface area (Å²) in [5.74, 6) is 0.831. The van der Waals surface area contributed by atoms with Gasteiger partial charge in [0.15, 0.2) is 0 Å². The molecule has 0 aromatic rings. The Bertz CT molecular complexity index is 168. The third kappa shape index (κ3) is 15.9. The van der Waals surface area contributed by atoms with Crippen molar-refractivity contribution in [2.45, 2.75) is 54.4 Å². The Hall–Kier alpha value is -0.120. The number of nitrogens with zero attached hydrogens (tertiary/aromatic N) is 2. The highest BCUT2D eigenvalue weighted by atomic mass is 16.5. The molecular weight excluding hydrogens is 248 g/mol. The summed E-state index contributed by atoms with van der Waals surface area (Å²) in [4.78, 5) is 4.80. The molecule has 0 bridgehead atoms. The normalized spacial score (nSPS) is 15.4. The summed E-state index contributed by atoms with van der Waals surface area (Å²) in [5, 5.41) is 0. The van der Waals surface area contributed by atoms with Crippen LogP contribution in [0.1, 0.15) is 54.4 Å². The summed E-state index contributed by atoms with van der Waals surface area (Å²) in [6.07, 6.45) is 2.59. The number of rotatable bonds is 6. The van der Waals surface area contributed by atoms with Crippen LogP contribution in [0, 0.1) is 5.92 Å². The van der Waals surface area contributed by atoms with Gasteiger partial charge in [0.1, 0.15) is 0 Å². The summed E-state index contributed by atoms with van der Waals surface area (Å²) in [6.45, 7) is 20.7. The van der Waals surface area contributed by atoms with Gasteiger partial charge in [-0.1, -0.05) is 41.5 Å². The SMILES string of the molecule is CC.CC(C)CCN1CCOCC1.CCCN(C)CC. The van der Waals surface area contributed by atoms with Crippen LogP contribution in [-0.4, -0.2) is 62.8 Å². The van der Waals surface area contributed by atoms with Crippen LogP contribution in [0.15, 0.2) is 0 Å². The van der Waals surface area contributed by atoms with Crippen molar-refractivity contribution >= 4 is 0 Å². The molecule has 0 radical (unpaired) electrons. The highest BCUT2D eigenvalue weighted by Gasteiger charge is 2.09. The Morgan fingerprint density at radius 3 is 2.00 bits per heavy atom. The smallest absolute Gasteiger partial charge is 0.0594 e. The molecule has 0 spiro atoms. The molecule has 0 atom stereocenters. The van der Waals surface area contributed by atoms with Gasteiger partial charge in [-0.3, -0.25) is 4.90 Å². The molecule has 0 unspecified atom stereocenters. The number of hydrogen-bond donors (Lipinski definition) is 0. The van der Waals surface area contributed by atoms with E-state index < -0.39 is 0 Å². The zero-order valence-corrected chi connectivity index (χ0v) is 15.2. The lowest BCUT2D eigenvalue weighted by Gasteiger charge is -2.26. The number of morpholine rings is 1. The molecule has 0 aromatic heterocycles.